The van der Waals surface area contributed by atoms with E-state index in [1.54, 1.807) is 14.2 Å². The molecule has 4 aromatic carbocycles. The molecule has 2 bridgehead atoms. The van der Waals surface area contributed by atoms with Crippen molar-refractivity contribution in [1.82, 2.24) is 0 Å². The van der Waals surface area contributed by atoms with Gasteiger partial charge in [0.15, 0.2) is 23.1 Å². The third-order valence-corrected chi connectivity index (χ3v) is 6.46. The molecule has 0 fully saturated rings. The highest BCUT2D eigenvalue weighted by atomic mass is 19.2. The molecule has 2 unspecified atom stereocenters. The second kappa shape index (κ2) is 6.05. The molecule has 7 rings (SSSR count). The lowest BCUT2D eigenvalue weighted by Crippen LogP contribution is -2.20. The lowest BCUT2D eigenvalue weighted by Gasteiger charge is -2.36. The highest BCUT2D eigenvalue weighted by molar-refractivity contribution is 5.91. The first-order valence-corrected chi connectivity index (χ1v) is 9.88. The first-order chi connectivity index (χ1) is 14.6. The number of benzene rings is 4. The fourth-order valence-corrected chi connectivity index (χ4v) is 5.04. The average molecular weight is 400 g/mol. The van der Waals surface area contributed by atoms with E-state index < -0.39 is 11.6 Å². The molecule has 0 heterocycles. The van der Waals surface area contributed by atoms with Crippen LogP contribution in [-0.2, 0) is 0 Å². The van der Waals surface area contributed by atoms with Gasteiger partial charge in [-0.25, -0.2) is 8.78 Å². The van der Waals surface area contributed by atoms with Crippen molar-refractivity contribution in [3.05, 3.63) is 94.6 Å². The summed E-state index contributed by atoms with van der Waals surface area (Å²) in [5, 5.41) is 3.62. The third kappa shape index (κ3) is 2.28. The SMILES string of the molecule is COc1cc2cc3c(cc2cc1OC)C1C=CC3c2cc3cc(F)c(F)cc3cc21. The number of ether oxygens (including phenoxy) is 2. The van der Waals surface area contributed by atoms with Crippen LogP contribution in [0, 0.1) is 11.6 Å². The van der Waals surface area contributed by atoms with Gasteiger partial charge in [-0.1, -0.05) is 12.2 Å². The predicted molar refractivity (Wildman–Crippen MR) is 114 cm³/mol. The summed E-state index contributed by atoms with van der Waals surface area (Å²) in [7, 11) is 3.27. The number of allylic oxidation sites excluding steroid dienone is 2. The highest BCUT2D eigenvalue weighted by Crippen LogP contribution is 2.51. The minimum atomic E-state index is -0.814. The average Bonchev–Trinajstić information content (AvgIpc) is 2.76. The standard InChI is InChI=1S/C26H18F2O2/c1-29-25-11-15-7-21-17-3-4-18(22(21)8-16(15)12-26(25)30-2)20-6-14-10-24(28)23(27)9-13(14)5-19(17)20/h3-12,17-18H,1-2H3. The van der Waals surface area contributed by atoms with Gasteiger partial charge < -0.3 is 9.47 Å². The van der Waals surface area contributed by atoms with Crippen LogP contribution in [0.3, 0.4) is 0 Å². The van der Waals surface area contributed by atoms with E-state index in [0.29, 0.717) is 11.5 Å². The van der Waals surface area contributed by atoms with Crippen LogP contribution in [0.5, 0.6) is 11.5 Å². The molecule has 0 N–H and O–H groups in total. The smallest absolute Gasteiger partial charge is 0.161 e. The Bertz CT molecular complexity index is 1300. The number of rotatable bonds is 2. The molecule has 4 heteroatoms. The monoisotopic (exact) mass is 400 g/mol. The molecule has 0 aromatic heterocycles. The summed E-state index contributed by atoms with van der Waals surface area (Å²) in [6, 6.07) is 15.0. The summed E-state index contributed by atoms with van der Waals surface area (Å²) in [4.78, 5) is 0. The van der Waals surface area contributed by atoms with Crippen molar-refractivity contribution in [3.63, 3.8) is 0 Å². The molecule has 2 nitrogen and oxygen atoms in total. The summed E-state index contributed by atoms with van der Waals surface area (Å²) < 4.78 is 38.5. The van der Waals surface area contributed by atoms with E-state index in [2.05, 4.69) is 24.3 Å². The van der Waals surface area contributed by atoms with Crippen molar-refractivity contribution in [2.45, 2.75) is 11.8 Å². The maximum absolute atomic E-state index is 13.8. The number of halogens is 2. The molecule has 0 amide bonds. The Morgan fingerprint density at radius 2 is 0.867 bits per heavy atom. The molecule has 4 aromatic rings. The minimum Gasteiger partial charge on any atom is -0.493 e. The summed E-state index contributed by atoms with van der Waals surface area (Å²) in [6.45, 7) is 0. The summed E-state index contributed by atoms with van der Waals surface area (Å²) in [6.07, 6.45) is 4.43. The Balaban J connectivity index is 1.59. The Hall–Kier alpha value is -3.40. The Labute approximate surface area is 172 Å². The zero-order valence-corrected chi connectivity index (χ0v) is 16.5. The summed E-state index contributed by atoms with van der Waals surface area (Å²) in [5.41, 5.74) is 4.81. The van der Waals surface area contributed by atoms with Crippen molar-refractivity contribution >= 4 is 21.5 Å². The summed E-state index contributed by atoms with van der Waals surface area (Å²) in [5.74, 6) is -0.0430. The maximum Gasteiger partial charge on any atom is 0.161 e. The lowest BCUT2D eigenvalue weighted by molar-refractivity contribution is 0.356. The van der Waals surface area contributed by atoms with Crippen LogP contribution in [0.4, 0.5) is 8.78 Å². The molecule has 0 aliphatic heterocycles. The van der Waals surface area contributed by atoms with E-state index in [9.17, 15) is 8.78 Å². The van der Waals surface area contributed by atoms with E-state index in [1.165, 1.54) is 23.3 Å². The predicted octanol–water partition coefficient (Wildman–Crippen LogP) is 6.44. The van der Waals surface area contributed by atoms with Crippen molar-refractivity contribution < 1.29 is 18.3 Å². The van der Waals surface area contributed by atoms with E-state index in [1.807, 2.05) is 24.3 Å². The Morgan fingerprint density at radius 1 is 0.533 bits per heavy atom. The molecular weight excluding hydrogens is 382 g/mol. The van der Waals surface area contributed by atoms with Crippen molar-refractivity contribution in [2.75, 3.05) is 14.2 Å². The number of methoxy groups -OCH3 is 2. The van der Waals surface area contributed by atoms with Gasteiger partial charge in [0.2, 0.25) is 0 Å². The zero-order valence-electron chi connectivity index (χ0n) is 16.5. The van der Waals surface area contributed by atoms with Gasteiger partial charge >= 0.3 is 0 Å². The van der Waals surface area contributed by atoms with Crippen LogP contribution in [0.1, 0.15) is 34.1 Å². The third-order valence-electron chi connectivity index (χ3n) is 6.46. The molecule has 30 heavy (non-hydrogen) atoms. The van der Waals surface area contributed by atoms with Gasteiger partial charge in [-0.3, -0.25) is 0 Å². The van der Waals surface area contributed by atoms with Crippen LogP contribution in [0.15, 0.2) is 60.7 Å². The zero-order chi connectivity index (χ0) is 20.6. The largest absolute Gasteiger partial charge is 0.493 e. The Morgan fingerprint density at radius 3 is 1.20 bits per heavy atom. The van der Waals surface area contributed by atoms with Gasteiger partial charge in [0.05, 0.1) is 14.2 Å². The minimum absolute atomic E-state index is 0.0926. The van der Waals surface area contributed by atoms with Gasteiger partial charge in [-0.2, -0.15) is 0 Å². The number of hydrogen-bond acceptors (Lipinski definition) is 2. The molecule has 148 valence electrons. The van der Waals surface area contributed by atoms with E-state index >= 15 is 0 Å². The van der Waals surface area contributed by atoms with Crippen LogP contribution in [0.25, 0.3) is 21.5 Å². The van der Waals surface area contributed by atoms with Gasteiger partial charge in [-0.05, 0) is 92.3 Å². The van der Waals surface area contributed by atoms with Crippen LogP contribution in [-0.4, -0.2) is 14.2 Å². The van der Waals surface area contributed by atoms with Gasteiger partial charge in [0, 0.05) is 11.8 Å². The van der Waals surface area contributed by atoms with Gasteiger partial charge in [-0.15, -0.1) is 0 Å². The van der Waals surface area contributed by atoms with E-state index in [0.717, 1.165) is 32.7 Å². The maximum atomic E-state index is 13.8. The topological polar surface area (TPSA) is 18.5 Å². The summed E-state index contributed by atoms with van der Waals surface area (Å²) >= 11 is 0. The van der Waals surface area contributed by atoms with Crippen LogP contribution < -0.4 is 9.47 Å². The van der Waals surface area contributed by atoms with E-state index in [-0.39, 0.29) is 11.8 Å². The number of fused-ring (bicyclic) bond motifs is 2. The molecule has 0 spiro atoms. The highest BCUT2D eigenvalue weighted by Gasteiger charge is 2.34. The molecule has 3 aliphatic rings. The van der Waals surface area contributed by atoms with Crippen molar-refractivity contribution in [1.29, 1.82) is 0 Å². The quantitative estimate of drug-likeness (QED) is 0.361. The second-order valence-corrected chi connectivity index (χ2v) is 7.97. The first-order valence-electron chi connectivity index (χ1n) is 9.88. The molecule has 3 aliphatic carbocycles. The molecule has 0 saturated carbocycles. The fourth-order valence-electron chi connectivity index (χ4n) is 5.04. The van der Waals surface area contributed by atoms with Gasteiger partial charge in [0.25, 0.3) is 0 Å². The second-order valence-electron chi connectivity index (χ2n) is 7.97. The fraction of sp³-hybridized carbons (Fsp3) is 0.154. The van der Waals surface area contributed by atoms with Crippen molar-refractivity contribution in [2.24, 2.45) is 0 Å². The van der Waals surface area contributed by atoms with Crippen molar-refractivity contribution in [3.8, 4) is 11.5 Å². The van der Waals surface area contributed by atoms with Crippen LogP contribution in [0.2, 0.25) is 0 Å². The molecule has 0 saturated heterocycles. The Kier molecular flexibility index (Phi) is 3.52. The molecular formula is C26H18F2O2. The van der Waals surface area contributed by atoms with Gasteiger partial charge in [0.1, 0.15) is 0 Å². The normalized spacial score (nSPS) is 18.5. The molecule has 2 atom stereocenters. The molecule has 0 radical (unpaired) electrons. The first kappa shape index (κ1) is 17.5. The number of hydrogen-bond donors (Lipinski definition) is 0. The van der Waals surface area contributed by atoms with Crippen LogP contribution >= 0.6 is 0 Å². The van der Waals surface area contributed by atoms with E-state index in [4.69, 9.17) is 9.47 Å². The lowest BCUT2D eigenvalue weighted by atomic mass is 9.67.